The second kappa shape index (κ2) is 7.48. The Kier molecular flexibility index (Phi) is 5.63. The smallest absolute Gasteiger partial charge is 0.128 e. The molecule has 5 heteroatoms. The van der Waals surface area contributed by atoms with Crippen LogP contribution in [0.3, 0.4) is 0 Å². The van der Waals surface area contributed by atoms with Crippen LogP contribution in [0.4, 0.5) is 0 Å². The van der Waals surface area contributed by atoms with Crippen LogP contribution in [-0.2, 0) is 4.74 Å². The molecule has 0 saturated carbocycles. The van der Waals surface area contributed by atoms with Crippen LogP contribution < -0.4 is 0 Å². The highest BCUT2D eigenvalue weighted by atomic mass is 35.5. The molecule has 0 amide bonds. The monoisotopic (exact) mass is 281 g/mol. The summed E-state index contributed by atoms with van der Waals surface area (Å²) in [4.78, 5) is 4.48. The zero-order chi connectivity index (χ0) is 13.5. The topological polar surface area (TPSA) is 39.6 Å². The summed E-state index contributed by atoms with van der Waals surface area (Å²) in [5, 5.41) is 8.22. The van der Waals surface area contributed by atoms with Crippen molar-refractivity contribution in [2.45, 2.75) is 0 Å². The maximum absolute atomic E-state index is 8.22. The van der Waals surface area contributed by atoms with Gasteiger partial charge in [0.2, 0.25) is 0 Å². The van der Waals surface area contributed by atoms with Crippen molar-refractivity contribution < 1.29 is 4.74 Å². The van der Waals surface area contributed by atoms with Crippen LogP contribution in [0.1, 0.15) is 5.56 Å². The number of rotatable bonds is 5. The summed E-state index contributed by atoms with van der Waals surface area (Å²) < 4.78 is 5.15. The van der Waals surface area contributed by atoms with Gasteiger partial charge in [-0.25, -0.2) is 0 Å². The molecule has 104 valence electrons. The first-order valence-corrected chi connectivity index (χ1v) is 7.09. The molecule has 1 N–H and O–H groups in total. The lowest BCUT2D eigenvalue weighted by molar-refractivity contribution is 0.112. The molecule has 1 aromatic carbocycles. The maximum Gasteiger partial charge on any atom is 0.128 e. The van der Waals surface area contributed by atoms with Gasteiger partial charge in [0.25, 0.3) is 0 Å². The highest BCUT2D eigenvalue weighted by Gasteiger charge is 2.19. The van der Waals surface area contributed by atoms with E-state index in [1.54, 1.807) is 0 Å². The SMILES string of the molecule is N=C(c1ccccc1)N1CCN(CCOCCl)CC1. The van der Waals surface area contributed by atoms with E-state index >= 15 is 0 Å². The molecule has 2 rings (SSSR count). The minimum Gasteiger partial charge on any atom is -0.364 e. The Bertz CT molecular complexity index is 391. The molecule has 0 aliphatic carbocycles. The largest absolute Gasteiger partial charge is 0.364 e. The molecule has 0 radical (unpaired) electrons. The van der Waals surface area contributed by atoms with Gasteiger partial charge in [-0.3, -0.25) is 10.3 Å². The Morgan fingerprint density at radius 2 is 1.84 bits per heavy atom. The summed E-state index contributed by atoms with van der Waals surface area (Å²) in [6.45, 7) is 5.34. The zero-order valence-electron chi connectivity index (χ0n) is 11.0. The molecular weight excluding hydrogens is 262 g/mol. The fraction of sp³-hybridized carbons (Fsp3) is 0.500. The van der Waals surface area contributed by atoms with Gasteiger partial charge in [0.1, 0.15) is 11.9 Å². The first-order chi connectivity index (χ1) is 9.31. The van der Waals surface area contributed by atoms with E-state index in [0.29, 0.717) is 12.4 Å². The van der Waals surface area contributed by atoms with Crippen LogP contribution in [0, 0.1) is 5.41 Å². The molecule has 1 heterocycles. The van der Waals surface area contributed by atoms with Crippen LogP contribution in [0.5, 0.6) is 0 Å². The number of halogens is 1. The van der Waals surface area contributed by atoms with Crippen molar-refractivity contribution >= 4 is 17.4 Å². The van der Waals surface area contributed by atoms with E-state index in [1.807, 2.05) is 30.3 Å². The summed E-state index contributed by atoms with van der Waals surface area (Å²) in [7, 11) is 0. The number of nitrogens with one attached hydrogen (secondary N) is 1. The molecule has 0 spiro atoms. The highest BCUT2D eigenvalue weighted by molar-refractivity contribution is 6.17. The lowest BCUT2D eigenvalue weighted by atomic mass is 10.1. The van der Waals surface area contributed by atoms with Gasteiger partial charge in [-0.15, -0.1) is 0 Å². The van der Waals surface area contributed by atoms with E-state index in [1.165, 1.54) is 0 Å². The summed E-state index contributed by atoms with van der Waals surface area (Å²) >= 11 is 5.47. The van der Waals surface area contributed by atoms with Crippen molar-refractivity contribution in [2.24, 2.45) is 0 Å². The number of amidine groups is 1. The van der Waals surface area contributed by atoms with E-state index in [0.717, 1.165) is 38.3 Å². The lowest BCUT2D eigenvalue weighted by Crippen LogP contribution is -2.49. The first-order valence-electron chi connectivity index (χ1n) is 6.56. The molecule has 4 nitrogen and oxygen atoms in total. The van der Waals surface area contributed by atoms with Gasteiger partial charge < -0.3 is 9.64 Å². The van der Waals surface area contributed by atoms with Crippen molar-refractivity contribution in [1.82, 2.24) is 9.80 Å². The zero-order valence-corrected chi connectivity index (χ0v) is 11.8. The van der Waals surface area contributed by atoms with E-state index in [4.69, 9.17) is 21.7 Å². The van der Waals surface area contributed by atoms with Gasteiger partial charge in [0, 0.05) is 38.3 Å². The first kappa shape index (κ1) is 14.3. The lowest BCUT2D eigenvalue weighted by Gasteiger charge is -2.36. The van der Waals surface area contributed by atoms with Gasteiger partial charge in [0.15, 0.2) is 0 Å². The van der Waals surface area contributed by atoms with Gasteiger partial charge in [-0.1, -0.05) is 41.9 Å². The van der Waals surface area contributed by atoms with E-state index in [2.05, 4.69) is 9.80 Å². The van der Waals surface area contributed by atoms with Crippen molar-refractivity contribution in [3.05, 3.63) is 35.9 Å². The van der Waals surface area contributed by atoms with Gasteiger partial charge >= 0.3 is 0 Å². The highest BCUT2D eigenvalue weighted by Crippen LogP contribution is 2.08. The number of hydrogen-bond acceptors (Lipinski definition) is 3. The summed E-state index contributed by atoms with van der Waals surface area (Å²) in [5.41, 5.74) is 0.987. The van der Waals surface area contributed by atoms with Crippen LogP contribution in [0.25, 0.3) is 0 Å². The number of benzene rings is 1. The maximum atomic E-state index is 8.22. The molecule has 19 heavy (non-hydrogen) atoms. The van der Waals surface area contributed by atoms with E-state index in [-0.39, 0.29) is 6.07 Å². The number of hydrogen-bond donors (Lipinski definition) is 1. The fourth-order valence-corrected chi connectivity index (χ4v) is 2.33. The van der Waals surface area contributed by atoms with Crippen LogP contribution in [0.2, 0.25) is 0 Å². The minimum absolute atomic E-state index is 0.263. The third-order valence-electron chi connectivity index (χ3n) is 3.36. The van der Waals surface area contributed by atoms with Crippen molar-refractivity contribution in [1.29, 1.82) is 5.41 Å². The number of ether oxygens (including phenoxy) is 1. The normalized spacial score (nSPS) is 16.6. The van der Waals surface area contributed by atoms with Gasteiger partial charge in [-0.05, 0) is 0 Å². The second-order valence-corrected chi connectivity index (χ2v) is 4.78. The molecule has 0 aromatic heterocycles. The second-order valence-electron chi connectivity index (χ2n) is 4.56. The summed E-state index contributed by atoms with van der Waals surface area (Å²) in [6.07, 6.45) is 0. The molecule has 1 saturated heterocycles. The Labute approximate surface area is 119 Å². The van der Waals surface area contributed by atoms with Crippen molar-refractivity contribution in [3.63, 3.8) is 0 Å². The molecule has 0 atom stereocenters. The average molecular weight is 282 g/mol. The molecule has 1 aliphatic rings. The minimum atomic E-state index is 0.263. The third kappa shape index (κ3) is 4.20. The molecule has 1 fully saturated rings. The van der Waals surface area contributed by atoms with Crippen molar-refractivity contribution in [3.8, 4) is 0 Å². The Hall–Kier alpha value is -1.10. The molecule has 0 bridgehead atoms. The summed E-state index contributed by atoms with van der Waals surface area (Å²) in [5.74, 6) is 0.622. The van der Waals surface area contributed by atoms with E-state index in [9.17, 15) is 0 Å². The fourth-order valence-electron chi connectivity index (χ4n) is 2.22. The number of piperazine rings is 1. The molecule has 0 unspecified atom stereocenters. The number of alkyl halides is 1. The molecule has 1 aliphatic heterocycles. The Morgan fingerprint density at radius 3 is 2.47 bits per heavy atom. The summed E-state index contributed by atoms with van der Waals surface area (Å²) in [6, 6.07) is 10.2. The Balaban J connectivity index is 1.78. The molecular formula is C14H20ClN3O. The van der Waals surface area contributed by atoms with Gasteiger partial charge in [-0.2, -0.15) is 0 Å². The third-order valence-corrected chi connectivity index (χ3v) is 3.52. The van der Waals surface area contributed by atoms with E-state index < -0.39 is 0 Å². The van der Waals surface area contributed by atoms with Crippen LogP contribution in [0.15, 0.2) is 30.3 Å². The number of nitrogens with zero attached hydrogens (tertiary/aromatic N) is 2. The van der Waals surface area contributed by atoms with Crippen LogP contribution >= 0.6 is 11.6 Å². The standard InChI is InChI=1S/C14H20ClN3O/c15-12-19-11-10-17-6-8-18(9-7-17)14(16)13-4-2-1-3-5-13/h1-5,16H,6-12H2. The van der Waals surface area contributed by atoms with Gasteiger partial charge in [0.05, 0.1) is 6.61 Å². The van der Waals surface area contributed by atoms with Crippen LogP contribution in [-0.4, -0.2) is 61.0 Å². The quantitative estimate of drug-likeness (QED) is 0.387. The predicted molar refractivity (Wildman–Crippen MR) is 78.0 cm³/mol. The average Bonchev–Trinajstić information content (AvgIpc) is 2.48. The predicted octanol–water partition coefficient (Wildman–Crippen LogP) is 1.84. The molecule has 1 aromatic rings. The Morgan fingerprint density at radius 1 is 1.16 bits per heavy atom. The van der Waals surface area contributed by atoms with Crippen molar-refractivity contribution in [2.75, 3.05) is 45.4 Å².